The Hall–Kier alpha value is -1.91. The molecule has 92 valence electrons. The number of carbonyl (C=O) groups excluding carboxylic acids is 2. The minimum Gasteiger partial charge on any atom is -0.481 e. The maximum Gasteiger partial charge on any atom is 0.303 e. The molecule has 0 spiro atoms. The van der Waals surface area contributed by atoms with Gasteiger partial charge in [-0.15, -0.1) is 0 Å². The molecular formula is C12H15NO4. The third-order valence-corrected chi connectivity index (χ3v) is 2.55. The van der Waals surface area contributed by atoms with Crippen LogP contribution in [0.3, 0.4) is 0 Å². The number of nitrogens with one attached hydrogen (secondary N) is 1. The van der Waals surface area contributed by atoms with Crippen molar-refractivity contribution in [2.45, 2.75) is 25.7 Å². The number of carboxylic acids is 1. The van der Waals surface area contributed by atoms with Crippen LogP contribution in [-0.4, -0.2) is 30.2 Å². The van der Waals surface area contributed by atoms with Gasteiger partial charge in [-0.3, -0.25) is 14.4 Å². The summed E-state index contributed by atoms with van der Waals surface area (Å²) in [6.45, 7) is 0.556. The van der Waals surface area contributed by atoms with E-state index in [9.17, 15) is 14.4 Å². The van der Waals surface area contributed by atoms with Gasteiger partial charge >= 0.3 is 5.97 Å². The molecule has 1 aliphatic rings. The van der Waals surface area contributed by atoms with Crippen molar-refractivity contribution in [3.8, 4) is 0 Å². The molecule has 0 aromatic rings. The highest BCUT2D eigenvalue weighted by Crippen LogP contribution is 2.19. The van der Waals surface area contributed by atoms with Gasteiger partial charge in [-0.05, 0) is 25.3 Å². The van der Waals surface area contributed by atoms with Gasteiger partial charge in [0.1, 0.15) is 6.29 Å². The van der Waals surface area contributed by atoms with Crippen molar-refractivity contribution in [2.75, 3.05) is 6.54 Å². The van der Waals surface area contributed by atoms with Gasteiger partial charge in [-0.2, -0.15) is 0 Å². The van der Waals surface area contributed by atoms with E-state index >= 15 is 0 Å². The molecule has 0 aliphatic heterocycles. The molecule has 5 heteroatoms. The number of aldehydes is 2. The summed E-state index contributed by atoms with van der Waals surface area (Å²) < 4.78 is 0. The van der Waals surface area contributed by atoms with Crippen LogP contribution < -0.4 is 5.32 Å². The lowest BCUT2D eigenvalue weighted by molar-refractivity contribution is -0.137. The Kier molecular flexibility index (Phi) is 5.13. The van der Waals surface area contributed by atoms with Gasteiger partial charge in [0.25, 0.3) is 0 Å². The molecule has 0 saturated carbocycles. The lowest BCUT2D eigenvalue weighted by atomic mass is 9.97. The molecule has 1 aliphatic carbocycles. The van der Waals surface area contributed by atoms with E-state index in [2.05, 4.69) is 5.32 Å². The normalized spacial score (nSPS) is 15.2. The maximum absolute atomic E-state index is 10.7. The zero-order valence-corrected chi connectivity index (χ0v) is 9.44. The molecule has 0 saturated heterocycles. The Balaban J connectivity index is 2.48. The van der Waals surface area contributed by atoms with Gasteiger partial charge in [-0.25, -0.2) is 0 Å². The highest BCUT2D eigenvalue weighted by atomic mass is 16.4. The van der Waals surface area contributed by atoms with Gasteiger partial charge in [0.15, 0.2) is 6.29 Å². The summed E-state index contributed by atoms with van der Waals surface area (Å²) in [5, 5.41) is 11.5. The first kappa shape index (κ1) is 13.2. The predicted octanol–water partition coefficient (Wildman–Crippen LogP) is 0.813. The number of hydrogen-bond acceptors (Lipinski definition) is 4. The second-order valence-corrected chi connectivity index (χ2v) is 3.81. The Morgan fingerprint density at radius 1 is 1.35 bits per heavy atom. The van der Waals surface area contributed by atoms with Crippen LogP contribution in [0, 0.1) is 0 Å². The van der Waals surface area contributed by atoms with Crippen LogP contribution in [0.1, 0.15) is 25.7 Å². The molecule has 0 atom stereocenters. The fraction of sp³-hybridized carbons (Fsp3) is 0.417. The number of hydrogen-bond donors (Lipinski definition) is 2. The molecule has 5 nitrogen and oxygen atoms in total. The van der Waals surface area contributed by atoms with E-state index in [1.807, 2.05) is 0 Å². The molecule has 0 aromatic carbocycles. The van der Waals surface area contributed by atoms with E-state index in [0.29, 0.717) is 49.5 Å². The zero-order valence-electron chi connectivity index (χ0n) is 9.44. The van der Waals surface area contributed by atoms with Crippen LogP contribution in [0.2, 0.25) is 0 Å². The van der Waals surface area contributed by atoms with Crippen LogP contribution in [0.5, 0.6) is 0 Å². The summed E-state index contributed by atoms with van der Waals surface area (Å²) in [6.07, 6.45) is 4.92. The van der Waals surface area contributed by atoms with Gasteiger partial charge in [-0.1, -0.05) is 0 Å². The Morgan fingerprint density at radius 3 is 2.71 bits per heavy atom. The van der Waals surface area contributed by atoms with Gasteiger partial charge < -0.3 is 10.4 Å². The first-order chi connectivity index (χ1) is 8.17. The molecular weight excluding hydrogens is 222 g/mol. The highest BCUT2D eigenvalue weighted by Gasteiger charge is 2.12. The van der Waals surface area contributed by atoms with Crippen molar-refractivity contribution in [1.29, 1.82) is 0 Å². The van der Waals surface area contributed by atoms with E-state index in [1.165, 1.54) is 0 Å². The molecule has 0 fully saturated rings. The molecule has 0 bridgehead atoms. The molecule has 0 amide bonds. The van der Waals surface area contributed by atoms with Crippen LogP contribution in [0.25, 0.3) is 0 Å². The van der Waals surface area contributed by atoms with E-state index in [1.54, 1.807) is 6.08 Å². The summed E-state index contributed by atoms with van der Waals surface area (Å²) in [6, 6.07) is 0. The van der Waals surface area contributed by atoms with Crippen molar-refractivity contribution in [3.05, 3.63) is 22.9 Å². The summed E-state index contributed by atoms with van der Waals surface area (Å²) in [5.41, 5.74) is 1.81. The van der Waals surface area contributed by atoms with E-state index in [0.717, 1.165) is 5.70 Å². The van der Waals surface area contributed by atoms with Crippen molar-refractivity contribution in [2.24, 2.45) is 0 Å². The van der Waals surface area contributed by atoms with Crippen LogP contribution >= 0.6 is 0 Å². The average Bonchev–Trinajstić information content (AvgIpc) is 2.34. The third kappa shape index (κ3) is 4.22. The van der Waals surface area contributed by atoms with Gasteiger partial charge in [0, 0.05) is 29.8 Å². The summed E-state index contributed by atoms with van der Waals surface area (Å²) in [5.74, 6) is -0.818. The molecule has 0 unspecified atom stereocenters. The minimum atomic E-state index is -0.818. The number of rotatable bonds is 7. The smallest absolute Gasteiger partial charge is 0.303 e. The standard InChI is InChI=1S/C12H15NO4/c14-7-9-3-4-11(6-10(9)8-15)13-5-1-2-12(16)17/h6-8,13H,1-5H2,(H,16,17). The first-order valence-electron chi connectivity index (χ1n) is 5.47. The molecule has 0 heterocycles. The quantitative estimate of drug-likeness (QED) is 0.505. The van der Waals surface area contributed by atoms with Crippen molar-refractivity contribution in [3.63, 3.8) is 0 Å². The Morgan fingerprint density at radius 2 is 2.12 bits per heavy atom. The van der Waals surface area contributed by atoms with Gasteiger partial charge in [0.05, 0.1) is 0 Å². The first-order valence-corrected chi connectivity index (χ1v) is 5.47. The monoisotopic (exact) mass is 237 g/mol. The van der Waals surface area contributed by atoms with E-state index in [-0.39, 0.29) is 6.42 Å². The maximum atomic E-state index is 10.7. The van der Waals surface area contributed by atoms with Crippen LogP contribution in [-0.2, 0) is 14.4 Å². The van der Waals surface area contributed by atoms with Crippen LogP contribution in [0.4, 0.5) is 0 Å². The summed E-state index contributed by atoms with van der Waals surface area (Å²) in [4.78, 5) is 31.7. The lowest BCUT2D eigenvalue weighted by Crippen LogP contribution is -2.18. The lowest BCUT2D eigenvalue weighted by Gasteiger charge is -2.15. The molecule has 0 aromatic heterocycles. The zero-order chi connectivity index (χ0) is 12.7. The summed E-state index contributed by atoms with van der Waals surface area (Å²) >= 11 is 0. The minimum absolute atomic E-state index is 0.121. The molecule has 2 N–H and O–H groups in total. The fourth-order valence-electron chi connectivity index (χ4n) is 1.63. The summed E-state index contributed by atoms with van der Waals surface area (Å²) in [7, 11) is 0. The number of aliphatic carboxylic acids is 1. The van der Waals surface area contributed by atoms with E-state index < -0.39 is 5.97 Å². The van der Waals surface area contributed by atoms with Crippen LogP contribution in [0.15, 0.2) is 22.9 Å². The Bertz CT molecular complexity index is 382. The second-order valence-electron chi connectivity index (χ2n) is 3.81. The number of carbonyl (C=O) groups is 3. The van der Waals surface area contributed by atoms with E-state index in [4.69, 9.17) is 5.11 Å². The van der Waals surface area contributed by atoms with Gasteiger partial charge in [0.2, 0.25) is 0 Å². The topological polar surface area (TPSA) is 83.5 Å². The predicted molar refractivity (Wildman–Crippen MR) is 61.3 cm³/mol. The SMILES string of the molecule is O=CC1=C(C=O)CCC(NCCCC(=O)O)=C1. The largest absolute Gasteiger partial charge is 0.481 e. The molecule has 1 rings (SSSR count). The van der Waals surface area contributed by atoms with Crippen molar-refractivity contribution >= 4 is 18.5 Å². The molecule has 17 heavy (non-hydrogen) atoms. The highest BCUT2D eigenvalue weighted by molar-refractivity contribution is 5.90. The second kappa shape index (κ2) is 6.62. The van der Waals surface area contributed by atoms with Crippen molar-refractivity contribution < 1.29 is 19.5 Å². The third-order valence-electron chi connectivity index (χ3n) is 2.55. The molecule has 0 radical (unpaired) electrons. The fourth-order valence-corrected chi connectivity index (χ4v) is 1.63. The Labute approximate surface area is 99.2 Å². The number of carboxylic acid groups (broad SMARTS) is 1. The number of allylic oxidation sites excluding steroid dienone is 4. The van der Waals surface area contributed by atoms with Crippen molar-refractivity contribution in [1.82, 2.24) is 5.32 Å². The average molecular weight is 237 g/mol.